The SMILES string of the molecule is Cc1cc(C)c(F)c(C(=O)NNSc2ccccc2)c1. The lowest BCUT2D eigenvalue weighted by atomic mass is 10.1. The van der Waals surface area contributed by atoms with Crippen molar-refractivity contribution in [3.8, 4) is 0 Å². The van der Waals surface area contributed by atoms with Crippen molar-refractivity contribution >= 4 is 17.9 Å². The number of benzene rings is 2. The number of hydrogen-bond acceptors (Lipinski definition) is 3. The normalized spacial score (nSPS) is 10.3. The summed E-state index contributed by atoms with van der Waals surface area (Å²) in [5.74, 6) is -0.975. The second-order valence-electron chi connectivity index (χ2n) is 4.41. The Balaban J connectivity index is 1.99. The Bertz CT molecular complexity index is 617. The second kappa shape index (κ2) is 6.54. The van der Waals surface area contributed by atoms with E-state index in [0.29, 0.717) is 5.56 Å². The summed E-state index contributed by atoms with van der Waals surface area (Å²) in [4.78, 5) is 15.6. The van der Waals surface area contributed by atoms with Gasteiger partial charge in [0.2, 0.25) is 0 Å². The lowest BCUT2D eigenvalue weighted by Gasteiger charge is -2.09. The average Bonchev–Trinajstić information content (AvgIpc) is 2.44. The molecule has 0 aliphatic carbocycles. The minimum atomic E-state index is -0.488. The minimum Gasteiger partial charge on any atom is -0.277 e. The van der Waals surface area contributed by atoms with Crippen molar-refractivity contribution in [2.45, 2.75) is 18.7 Å². The van der Waals surface area contributed by atoms with Crippen LogP contribution in [0, 0.1) is 19.7 Å². The van der Waals surface area contributed by atoms with Crippen molar-refractivity contribution in [2.24, 2.45) is 0 Å². The highest BCUT2D eigenvalue weighted by Crippen LogP contribution is 2.16. The van der Waals surface area contributed by atoms with Crippen LogP contribution in [0.1, 0.15) is 21.5 Å². The third-order valence-corrected chi connectivity index (χ3v) is 3.43. The first-order chi connectivity index (χ1) is 9.58. The number of amides is 1. The number of carbonyl (C=O) groups is 1. The third-order valence-electron chi connectivity index (χ3n) is 2.72. The Morgan fingerprint density at radius 3 is 2.55 bits per heavy atom. The van der Waals surface area contributed by atoms with E-state index in [4.69, 9.17) is 0 Å². The summed E-state index contributed by atoms with van der Waals surface area (Å²) in [7, 11) is 0. The molecule has 5 heteroatoms. The molecule has 0 saturated heterocycles. The van der Waals surface area contributed by atoms with Crippen LogP contribution in [0.5, 0.6) is 0 Å². The van der Waals surface area contributed by atoms with Crippen LogP contribution in [0.3, 0.4) is 0 Å². The van der Waals surface area contributed by atoms with Crippen LogP contribution in [-0.2, 0) is 0 Å². The summed E-state index contributed by atoms with van der Waals surface area (Å²) in [6.07, 6.45) is 0. The largest absolute Gasteiger partial charge is 0.277 e. The molecule has 2 N–H and O–H groups in total. The van der Waals surface area contributed by atoms with E-state index in [-0.39, 0.29) is 5.56 Å². The standard InChI is InChI=1S/C15H15FN2OS/c1-10-8-11(2)14(16)13(9-10)15(19)17-18-20-12-6-4-3-5-7-12/h3-9,18H,1-2H3,(H,17,19). The van der Waals surface area contributed by atoms with Crippen molar-refractivity contribution < 1.29 is 9.18 Å². The van der Waals surface area contributed by atoms with Gasteiger partial charge in [-0.25, -0.2) is 4.39 Å². The van der Waals surface area contributed by atoms with Gasteiger partial charge in [-0.3, -0.25) is 10.2 Å². The molecule has 0 aliphatic rings. The first-order valence-corrected chi connectivity index (χ1v) is 6.93. The molecule has 20 heavy (non-hydrogen) atoms. The Kier molecular flexibility index (Phi) is 4.76. The first kappa shape index (κ1) is 14.6. The summed E-state index contributed by atoms with van der Waals surface area (Å²) in [5, 5.41) is 0. The van der Waals surface area contributed by atoms with Gasteiger partial charge in [0, 0.05) is 4.90 Å². The molecule has 1 amide bonds. The molecule has 0 saturated carbocycles. The molecule has 0 unspecified atom stereocenters. The van der Waals surface area contributed by atoms with E-state index in [9.17, 15) is 9.18 Å². The third kappa shape index (κ3) is 3.59. The number of rotatable bonds is 4. The predicted octanol–water partition coefficient (Wildman–Crippen LogP) is 3.38. The molecular formula is C15H15FN2OS. The highest BCUT2D eigenvalue weighted by atomic mass is 32.2. The predicted molar refractivity (Wildman–Crippen MR) is 78.8 cm³/mol. The van der Waals surface area contributed by atoms with Gasteiger partial charge in [0.25, 0.3) is 5.91 Å². The topological polar surface area (TPSA) is 41.1 Å². The van der Waals surface area contributed by atoms with Gasteiger partial charge in [0.05, 0.1) is 5.56 Å². The minimum absolute atomic E-state index is 0.0451. The van der Waals surface area contributed by atoms with Crippen LogP contribution in [0.4, 0.5) is 4.39 Å². The molecule has 0 aliphatic heterocycles. The fourth-order valence-corrected chi connectivity index (χ4v) is 2.36. The molecule has 2 aromatic rings. The molecule has 0 fully saturated rings. The maximum absolute atomic E-state index is 13.9. The van der Waals surface area contributed by atoms with Crippen LogP contribution in [0.2, 0.25) is 0 Å². The van der Waals surface area contributed by atoms with Crippen molar-refractivity contribution in [3.63, 3.8) is 0 Å². The fraction of sp³-hybridized carbons (Fsp3) is 0.133. The number of halogens is 1. The Hall–Kier alpha value is -1.85. The van der Waals surface area contributed by atoms with Crippen LogP contribution in [0.25, 0.3) is 0 Å². The molecular weight excluding hydrogens is 275 g/mol. The Morgan fingerprint density at radius 1 is 1.15 bits per heavy atom. The monoisotopic (exact) mass is 290 g/mol. The van der Waals surface area contributed by atoms with Crippen LogP contribution in [0.15, 0.2) is 47.4 Å². The number of aryl methyl sites for hydroxylation is 2. The first-order valence-electron chi connectivity index (χ1n) is 6.12. The van der Waals surface area contributed by atoms with Gasteiger partial charge in [-0.15, -0.1) is 0 Å². The molecule has 2 aromatic carbocycles. The van der Waals surface area contributed by atoms with E-state index in [2.05, 4.69) is 10.3 Å². The van der Waals surface area contributed by atoms with Crippen LogP contribution >= 0.6 is 11.9 Å². The van der Waals surface area contributed by atoms with Gasteiger partial charge in [-0.2, -0.15) is 4.83 Å². The Morgan fingerprint density at radius 2 is 1.85 bits per heavy atom. The van der Waals surface area contributed by atoms with Gasteiger partial charge in [-0.05, 0) is 55.1 Å². The van der Waals surface area contributed by atoms with Crippen molar-refractivity contribution in [3.05, 3.63) is 65.0 Å². The molecule has 104 valence electrons. The van der Waals surface area contributed by atoms with E-state index in [0.717, 1.165) is 10.5 Å². The van der Waals surface area contributed by atoms with Gasteiger partial charge in [-0.1, -0.05) is 24.3 Å². The summed E-state index contributed by atoms with van der Waals surface area (Å²) < 4.78 is 13.9. The van der Waals surface area contributed by atoms with Crippen molar-refractivity contribution in [2.75, 3.05) is 0 Å². The van der Waals surface area contributed by atoms with Gasteiger partial charge in [0.15, 0.2) is 0 Å². The zero-order valence-electron chi connectivity index (χ0n) is 11.2. The van der Waals surface area contributed by atoms with E-state index in [1.165, 1.54) is 18.0 Å². The van der Waals surface area contributed by atoms with E-state index in [1.54, 1.807) is 13.0 Å². The molecule has 3 nitrogen and oxygen atoms in total. The summed E-state index contributed by atoms with van der Waals surface area (Å²) in [6, 6.07) is 12.8. The molecule has 2 rings (SSSR count). The molecule has 0 radical (unpaired) electrons. The number of nitrogens with one attached hydrogen (secondary N) is 2. The molecule has 0 atom stereocenters. The number of hydrazine groups is 1. The summed E-state index contributed by atoms with van der Waals surface area (Å²) in [5.41, 5.74) is 3.84. The van der Waals surface area contributed by atoms with Gasteiger partial charge >= 0.3 is 0 Å². The summed E-state index contributed by atoms with van der Waals surface area (Å²) >= 11 is 1.25. The smallest absolute Gasteiger partial charge is 0.269 e. The van der Waals surface area contributed by atoms with Crippen LogP contribution < -0.4 is 10.3 Å². The number of hydrogen-bond donors (Lipinski definition) is 2. The maximum Gasteiger partial charge on any atom is 0.269 e. The lowest BCUT2D eigenvalue weighted by Crippen LogP contribution is -2.33. The lowest BCUT2D eigenvalue weighted by molar-refractivity contribution is 0.0942. The van der Waals surface area contributed by atoms with E-state index < -0.39 is 11.7 Å². The average molecular weight is 290 g/mol. The van der Waals surface area contributed by atoms with Crippen LogP contribution in [-0.4, -0.2) is 5.91 Å². The van der Waals surface area contributed by atoms with Gasteiger partial charge < -0.3 is 0 Å². The van der Waals surface area contributed by atoms with Crippen molar-refractivity contribution in [1.29, 1.82) is 0 Å². The quantitative estimate of drug-likeness (QED) is 0.670. The molecule has 0 bridgehead atoms. The highest BCUT2D eigenvalue weighted by Gasteiger charge is 2.14. The maximum atomic E-state index is 13.9. The zero-order chi connectivity index (χ0) is 14.5. The van der Waals surface area contributed by atoms with Crippen molar-refractivity contribution in [1.82, 2.24) is 10.3 Å². The molecule has 0 heterocycles. The second-order valence-corrected chi connectivity index (χ2v) is 5.29. The molecule has 0 aromatic heterocycles. The zero-order valence-corrected chi connectivity index (χ0v) is 12.1. The van der Waals surface area contributed by atoms with Gasteiger partial charge in [0.1, 0.15) is 5.82 Å². The highest BCUT2D eigenvalue weighted by molar-refractivity contribution is 7.97. The van der Waals surface area contributed by atoms with E-state index in [1.807, 2.05) is 37.3 Å². The Labute approximate surface area is 121 Å². The fourth-order valence-electron chi connectivity index (χ4n) is 1.80. The summed E-state index contributed by atoms with van der Waals surface area (Å²) in [6.45, 7) is 3.47. The number of carbonyl (C=O) groups excluding carboxylic acids is 1. The molecule has 0 spiro atoms. The van der Waals surface area contributed by atoms with E-state index >= 15 is 0 Å².